The molecular weight excluding hydrogens is 312 g/mol. The number of aromatic nitrogens is 2. The molecule has 0 atom stereocenters. The number of carbonyl (C=O) groups is 1. The second kappa shape index (κ2) is 8.14. The number of hydrogen-bond donors (Lipinski definition) is 1. The third-order valence-corrected chi connectivity index (χ3v) is 3.05. The van der Waals surface area contributed by atoms with E-state index in [0.717, 1.165) is 0 Å². The van der Waals surface area contributed by atoms with Gasteiger partial charge in [-0.3, -0.25) is 0 Å². The van der Waals surface area contributed by atoms with Gasteiger partial charge in [-0.2, -0.15) is 4.98 Å². The van der Waals surface area contributed by atoms with Crippen molar-refractivity contribution in [3.63, 3.8) is 0 Å². The summed E-state index contributed by atoms with van der Waals surface area (Å²) in [5.74, 6) is 1.11. The lowest BCUT2D eigenvalue weighted by Crippen LogP contribution is -2.01. The summed E-state index contributed by atoms with van der Waals surface area (Å²) < 4.78 is 15.1. The van der Waals surface area contributed by atoms with Crippen molar-refractivity contribution in [3.8, 4) is 11.5 Å². The summed E-state index contributed by atoms with van der Waals surface area (Å²) in [6.07, 6.45) is 3.54. The Morgan fingerprint density at radius 1 is 1.42 bits per heavy atom. The van der Waals surface area contributed by atoms with Crippen LogP contribution in [0, 0.1) is 5.92 Å². The Kier molecular flexibility index (Phi) is 5.95. The number of hydrogen-bond acceptors (Lipinski definition) is 7. The SMILES string of the molecule is COc1cc(/C=C/C(=O)OCc2nc(CC(C)C)no2)ccc1O. The van der Waals surface area contributed by atoms with Crippen molar-refractivity contribution in [2.45, 2.75) is 26.9 Å². The fourth-order valence-corrected chi connectivity index (χ4v) is 1.94. The van der Waals surface area contributed by atoms with Gasteiger partial charge >= 0.3 is 5.97 Å². The number of ether oxygens (including phenoxy) is 2. The van der Waals surface area contributed by atoms with E-state index in [4.69, 9.17) is 14.0 Å². The standard InChI is InChI=1S/C17H20N2O5/c1-11(2)8-15-18-16(24-19-15)10-23-17(21)7-5-12-4-6-13(20)14(9-12)22-3/h4-7,9,11,20H,8,10H2,1-3H3/b7-5+. The van der Waals surface area contributed by atoms with Crippen molar-refractivity contribution in [2.24, 2.45) is 5.92 Å². The molecule has 1 N–H and O–H groups in total. The highest BCUT2D eigenvalue weighted by atomic mass is 16.6. The van der Waals surface area contributed by atoms with E-state index in [2.05, 4.69) is 24.0 Å². The number of phenolic OH excluding ortho intramolecular Hbond substituents is 1. The molecule has 2 rings (SSSR count). The minimum Gasteiger partial charge on any atom is -0.504 e. The molecule has 0 saturated carbocycles. The van der Waals surface area contributed by atoms with E-state index in [-0.39, 0.29) is 18.2 Å². The Labute approximate surface area is 139 Å². The summed E-state index contributed by atoms with van der Waals surface area (Å²) in [5, 5.41) is 13.3. The van der Waals surface area contributed by atoms with Gasteiger partial charge in [-0.25, -0.2) is 4.79 Å². The molecule has 0 aliphatic heterocycles. The zero-order chi connectivity index (χ0) is 17.5. The molecule has 0 amide bonds. The van der Waals surface area contributed by atoms with E-state index in [1.54, 1.807) is 18.2 Å². The topological polar surface area (TPSA) is 94.7 Å². The van der Waals surface area contributed by atoms with Crippen molar-refractivity contribution < 1.29 is 23.9 Å². The lowest BCUT2D eigenvalue weighted by atomic mass is 10.1. The fourth-order valence-electron chi connectivity index (χ4n) is 1.94. The molecule has 128 valence electrons. The molecule has 24 heavy (non-hydrogen) atoms. The maximum absolute atomic E-state index is 11.7. The molecule has 0 radical (unpaired) electrons. The van der Waals surface area contributed by atoms with Crippen molar-refractivity contribution >= 4 is 12.0 Å². The van der Waals surface area contributed by atoms with Crippen molar-refractivity contribution in [2.75, 3.05) is 7.11 Å². The van der Waals surface area contributed by atoms with E-state index in [1.165, 1.54) is 19.3 Å². The summed E-state index contributed by atoms with van der Waals surface area (Å²) >= 11 is 0. The molecule has 2 aromatic rings. The Morgan fingerprint density at radius 2 is 2.21 bits per heavy atom. The van der Waals surface area contributed by atoms with Crippen molar-refractivity contribution in [1.29, 1.82) is 0 Å². The maximum Gasteiger partial charge on any atom is 0.331 e. The van der Waals surface area contributed by atoms with Crippen LogP contribution in [0.25, 0.3) is 6.08 Å². The molecule has 7 nitrogen and oxygen atoms in total. The van der Waals surface area contributed by atoms with Gasteiger partial charge in [0.1, 0.15) is 0 Å². The van der Waals surface area contributed by atoms with Crippen LogP contribution in [0.1, 0.15) is 31.1 Å². The van der Waals surface area contributed by atoms with E-state index in [1.807, 2.05) is 0 Å². The number of phenols is 1. The second-order valence-electron chi connectivity index (χ2n) is 5.57. The van der Waals surface area contributed by atoms with Gasteiger partial charge in [-0.1, -0.05) is 25.1 Å². The lowest BCUT2D eigenvalue weighted by molar-refractivity contribution is -0.139. The molecule has 1 aromatic carbocycles. The smallest absolute Gasteiger partial charge is 0.331 e. The number of methoxy groups -OCH3 is 1. The molecule has 1 heterocycles. The Morgan fingerprint density at radius 3 is 2.92 bits per heavy atom. The van der Waals surface area contributed by atoms with Crippen LogP contribution in [-0.2, 0) is 22.6 Å². The highest BCUT2D eigenvalue weighted by Crippen LogP contribution is 2.26. The van der Waals surface area contributed by atoms with Gasteiger partial charge in [0, 0.05) is 12.5 Å². The zero-order valence-electron chi connectivity index (χ0n) is 13.9. The molecule has 7 heteroatoms. The molecule has 0 aliphatic rings. The Balaban J connectivity index is 1.87. The first-order valence-electron chi connectivity index (χ1n) is 7.51. The predicted octanol–water partition coefficient (Wildman–Crippen LogP) is 2.74. The molecule has 0 spiro atoms. The van der Waals surface area contributed by atoms with Crippen LogP contribution in [-0.4, -0.2) is 28.3 Å². The number of benzene rings is 1. The summed E-state index contributed by atoms with van der Waals surface area (Å²) in [6.45, 7) is 4.03. The third-order valence-electron chi connectivity index (χ3n) is 3.05. The summed E-state index contributed by atoms with van der Waals surface area (Å²) in [6, 6.07) is 4.74. The first-order chi connectivity index (χ1) is 11.5. The van der Waals surface area contributed by atoms with Crippen molar-refractivity contribution in [3.05, 3.63) is 41.6 Å². The number of esters is 1. The van der Waals surface area contributed by atoms with Gasteiger partial charge in [-0.05, 0) is 29.7 Å². The summed E-state index contributed by atoms with van der Waals surface area (Å²) in [5.41, 5.74) is 0.693. The lowest BCUT2D eigenvalue weighted by Gasteiger charge is -2.03. The molecule has 0 saturated heterocycles. The number of rotatable bonds is 7. The maximum atomic E-state index is 11.7. The summed E-state index contributed by atoms with van der Waals surface area (Å²) in [7, 11) is 1.45. The summed E-state index contributed by atoms with van der Waals surface area (Å²) in [4.78, 5) is 15.9. The average Bonchev–Trinajstić information content (AvgIpc) is 2.98. The second-order valence-corrected chi connectivity index (χ2v) is 5.57. The highest BCUT2D eigenvalue weighted by Gasteiger charge is 2.09. The fraction of sp³-hybridized carbons (Fsp3) is 0.353. The van der Waals surface area contributed by atoms with E-state index < -0.39 is 5.97 Å². The molecular formula is C17H20N2O5. The quantitative estimate of drug-likeness (QED) is 0.615. The largest absolute Gasteiger partial charge is 0.504 e. The van der Waals surface area contributed by atoms with E-state index in [9.17, 15) is 9.90 Å². The third kappa shape index (κ3) is 5.12. The van der Waals surface area contributed by atoms with Gasteiger partial charge in [0.2, 0.25) is 0 Å². The van der Waals surface area contributed by atoms with Gasteiger partial charge in [0.15, 0.2) is 23.9 Å². The first kappa shape index (κ1) is 17.5. The number of nitrogens with zero attached hydrogens (tertiary/aromatic N) is 2. The van der Waals surface area contributed by atoms with Gasteiger partial charge in [0.25, 0.3) is 5.89 Å². The van der Waals surface area contributed by atoms with E-state index in [0.29, 0.717) is 29.5 Å². The van der Waals surface area contributed by atoms with Crippen LogP contribution in [0.4, 0.5) is 0 Å². The van der Waals surface area contributed by atoms with Gasteiger partial charge in [0.05, 0.1) is 7.11 Å². The van der Waals surface area contributed by atoms with Gasteiger partial charge < -0.3 is 19.1 Å². The first-order valence-corrected chi connectivity index (χ1v) is 7.51. The van der Waals surface area contributed by atoms with Crippen LogP contribution >= 0.6 is 0 Å². The highest BCUT2D eigenvalue weighted by molar-refractivity contribution is 5.87. The molecule has 0 unspecified atom stereocenters. The monoisotopic (exact) mass is 332 g/mol. The minimum absolute atomic E-state index is 0.0332. The van der Waals surface area contributed by atoms with E-state index >= 15 is 0 Å². The van der Waals surface area contributed by atoms with Crippen LogP contribution < -0.4 is 4.74 Å². The average molecular weight is 332 g/mol. The van der Waals surface area contributed by atoms with Crippen LogP contribution in [0.5, 0.6) is 11.5 Å². The Bertz CT molecular complexity index is 722. The molecule has 0 aliphatic carbocycles. The molecule has 0 bridgehead atoms. The van der Waals surface area contributed by atoms with Crippen LogP contribution in [0.2, 0.25) is 0 Å². The normalized spacial score (nSPS) is 11.2. The van der Waals surface area contributed by atoms with Crippen molar-refractivity contribution in [1.82, 2.24) is 10.1 Å². The number of carbonyl (C=O) groups excluding carboxylic acids is 1. The molecule has 0 fully saturated rings. The van der Waals surface area contributed by atoms with Gasteiger partial charge in [-0.15, -0.1) is 0 Å². The molecule has 1 aromatic heterocycles. The van der Waals surface area contributed by atoms with Crippen LogP contribution in [0.3, 0.4) is 0 Å². The predicted molar refractivity (Wildman–Crippen MR) is 86.3 cm³/mol. The minimum atomic E-state index is -0.536. The van der Waals surface area contributed by atoms with Crippen LogP contribution in [0.15, 0.2) is 28.8 Å². The Hall–Kier alpha value is -2.83. The zero-order valence-corrected chi connectivity index (χ0v) is 13.9. The number of aromatic hydroxyl groups is 1.